The number of anilines is 2. The molecular weight excluding hydrogens is 720 g/mol. The van der Waals surface area contributed by atoms with Crippen molar-refractivity contribution in [2.75, 3.05) is 51.1 Å². The first-order valence-electron chi connectivity index (χ1n) is 18.5. The molecule has 0 radical (unpaired) electrons. The number of para-hydroxylation sites is 1. The van der Waals surface area contributed by atoms with Gasteiger partial charge < -0.3 is 33.9 Å². The number of aromatic nitrogens is 1. The van der Waals surface area contributed by atoms with Gasteiger partial charge in [-0.15, -0.1) is 12.4 Å². The van der Waals surface area contributed by atoms with E-state index in [4.69, 9.17) is 14.2 Å². The highest BCUT2D eigenvalue weighted by Crippen LogP contribution is 2.42. The molecule has 11 nitrogen and oxygen atoms in total. The number of carbonyl (C=O) groups excluding carboxylic acids is 2. The molecule has 0 spiro atoms. The normalized spacial score (nSPS) is 16.3. The van der Waals surface area contributed by atoms with Crippen molar-refractivity contribution >= 4 is 35.6 Å². The Kier molecular flexibility index (Phi) is 11.4. The maximum absolute atomic E-state index is 15.1. The van der Waals surface area contributed by atoms with Crippen molar-refractivity contribution in [3.63, 3.8) is 0 Å². The molecule has 0 saturated carbocycles. The molecule has 12 heteroatoms. The fourth-order valence-corrected chi connectivity index (χ4v) is 7.88. The predicted octanol–water partition coefficient (Wildman–Crippen LogP) is 6.58. The van der Waals surface area contributed by atoms with Gasteiger partial charge in [0.25, 0.3) is 11.8 Å². The van der Waals surface area contributed by atoms with Gasteiger partial charge in [0.2, 0.25) is 6.79 Å². The molecule has 2 amide bonds. The number of phenolic OH excluding ortho intramolecular Hbond substituents is 1. The lowest BCUT2D eigenvalue weighted by Gasteiger charge is -2.39. The van der Waals surface area contributed by atoms with E-state index < -0.39 is 0 Å². The topological polar surface area (TPSA) is 117 Å². The molecule has 0 aliphatic carbocycles. The molecule has 3 aliphatic heterocycles. The van der Waals surface area contributed by atoms with Crippen LogP contribution in [0, 0.1) is 6.92 Å². The Morgan fingerprint density at radius 3 is 2.22 bits per heavy atom. The van der Waals surface area contributed by atoms with Gasteiger partial charge in [0.15, 0.2) is 11.5 Å². The third-order valence-electron chi connectivity index (χ3n) is 10.8. The van der Waals surface area contributed by atoms with Crippen LogP contribution >= 0.6 is 12.4 Å². The van der Waals surface area contributed by atoms with E-state index in [1.807, 2.05) is 58.9 Å². The van der Waals surface area contributed by atoms with Crippen LogP contribution in [0.4, 0.5) is 11.4 Å². The highest BCUT2D eigenvalue weighted by atomic mass is 35.5. The van der Waals surface area contributed by atoms with E-state index in [1.54, 1.807) is 41.3 Å². The Labute approximate surface area is 326 Å². The third kappa shape index (κ3) is 7.66. The summed E-state index contributed by atoms with van der Waals surface area (Å²) in [6.45, 7) is 6.40. The second kappa shape index (κ2) is 16.6. The van der Waals surface area contributed by atoms with Crippen molar-refractivity contribution in [2.45, 2.75) is 38.9 Å². The molecule has 286 valence electrons. The monoisotopic (exact) mass is 764 g/mol. The predicted molar refractivity (Wildman–Crippen MR) is 212 cm³/mol. The van der Waals surface area contributed by atoms with Crippen molar-refractivity contribution in [1.82, 2.24) is 14.4 Å². The molecule has 5 aromatic rings. The van der Waals surface area contributed by atoms with Crippen LogP contribution in [0.5, 0.6) is 17.2 Å². The number of morpholine rings is 1. The lowest BCUT2D eigenvalue weighted by molar-refractivity contribution is 0.0308. The van der Waals surface area contributed by atoms with Crippen molar-refractivity contribution in [3.05, 3.63) is 125 Å². The summed E-state index contributed by atoms with van der Waals surface area (Å²) in [7, 11) is 0. The number of ether oxygens (including phenoxy) is 3. The molecule has 3 aliphatic rings. The first-order chi connectivity index (χ1) is 26.4. The standard InChI is InChI=1S/C43H44N4O7.ClH/c1-29-36(43(51)47(32-9-3-2-4-10-32)33-11-13-35(49)14-12-33)24-39(45(29)17-20-48)37-25-40-41(54-28-53-40)26-38(37)42(50)46-27-31-8-6-5-7-30(31)23-34(46)15-16-44-18-21-52-22-19-44;/h2-14,24-26,34,48-49H,15-23,27-28H2,1H3;1H/t34-;/m1./s1. The zero-order valence-electron chi connectivity index (χ0n) is 30.7. The molecule has 0 unspecified atom stereocenters. The third-order valence-corrected chi connectivity index (χ3v) is 10.8. The van der Waals surface area contributed by atoms with E-state index in [2.05, 4.69) is 23.1 Å². The number of rotatable bonds is 10. The fourth-order valence-electron chi connectivity index (χ4n) is 7.88. The van der Waals surface area contributed by atoms with Gasteiger partial charge in [-0.05, 0) is 85.5 Å². The van der Waals surface area contributed by atoms with E-state index in [0.717, 1.165) is 38.0 Å². The molecule has 1 saturated heterocycles. The van der Waals surface area contributed by atoms with Gasteiger partial charge in [-0.25, -0.2) is 0 Å². The summed E-state index contributed by atoms with van der Waals surface area (Å²) < 4.78 is 19.1. The van der Waals surface area contributed by atoms with Crippen molar-refractivity contribution in [1.29, 1.82) is 0 Å². The number of aliphatic hydroxyl groups is 1. The fraction of sp³-hybridized carbons (Fsp3) is 0.302. The highest BCUT2D eigenvalue weighted by molar-refractivity contribution is 6.12. The van der Waals surface area contributed by atoms with Gasteiger partial charge in [0.1, 0.15) is 5.75 Å². The van der Waals surface area contributed by atoms with E-state index >= 15 is 4.79 Å². The average Bonchev–Trinajstić information content (AvgIpc) is 3.81. The zero-order chi connectivity index (χ0) is 37.2. The number of hydrogen-bond donors (Lipinski definition) is 2. The number of amides is 2. The van der Waals surface area contributed by atoms with Crippen molar-refractivity contribution < 1.29 is 34.0 Å². The van der Waals surface area contributed by atoms with E-state index in [1.165, 1.54) is 5.56 Å². The van der Waals surface area contributed by atoms with E-state index in [-0.39, 0.29) is 56.0 Å². The Morgan fingerprint density at radius 1 is 0.818 bits per heavy atom. The first-order valence-corrected chi connectivity index (χ1v) is 18.5. The van der Waals surface area contributed by atoms with E-state index in [0.29, 0.717) is 70.7 Å². The number of nitrogens with zero attached hydrogens (tertiary/aromatic N) is 4. The Morgan fingerprint density at radius 2 is 1.49 bits per heavy atom. The zero-order valence-corrected chi connectivity index (χ0v) is 31.5. The second-order valence-corrected chi connectivity index (χ2v) is 13.9. The Hall–Kier alpha value is -5.33. The van der Waals surface area contributed by atoms with Crippen LogP contribution in [0.15, 0.2) is 97.1 Å². The summed E-state index contributed by atoms with van der Waals surface area (Å²) in [6, 6.07) is 29.5. The molecule has 1 atom stereocenters. The quantitative estimate of drug-likeness (QED) is 0.164. The van der Waals surface area contributed by atoms with E-state index in [9.17, 15) is 15.0 Å². The summed E-state index contributed by atoms with van der Waals surface area (Å²) in [5, 5.41) is 20.3. The number of benzene rings is 4. The number of carbonyl (C=O) groups is 2. The van der Waals surface area contributed by atoms with Crippen molar-refractivity contribution in [3.8, 4) is 28.5 Å². The van der Waals surface area contributed by atoms with Gasteiger partial charge in [-0.1, -0.05) is 42.5 Å². The molecule has 4 heterocycles. The maximum atomic E-state index is 15.1. The number of phenols is 1. The van der Waals surface area contributed by atoms with Crippen LogP contribution in [0.2, 0.25) is 0 Å². The molecule has 8 rings (SSSR count). The molecule has 1 aromatic heterocycles. The molecular formula is C43H45ClN4O7. The molecule has 2 N–H and O–H groups in total. The Bertz CT molecular complexity index is 2150. The van der Waals surface area contributed by atoms with Gasteiger partial charge in [0, 0.05) is 61.4 Å². The van der Waals surface area contributed by atoms with Gasteiger partial charge >= 0.3 is 0 Å². The van der Waals surface area contributed by atoms with Gasteiger partial charge in [0.05, 0.1) is 36.6 Å². The summed E-state index contributed by atoms with van der Waals surface area (Å²) in [6.07, 6.45) is 1.56. The largest absolute Gasteiger partial charge is 0.508 e. The minimum Gasteiger partial charge on any atom is -0.508 e. The summed E-state index contributed by atoms with van der Waals surface area (Å²) in [5.41, 5.74) is 6.27. The first kappa shape index (κ1) is 38.0. The minimum absolute atomic E-state index is 0. The number of aliphatic hydroxyl groups excluding tert-OH is 1. The molecule has 55 heavy (non-hydrogen) atoms. The van der Waals surface area contributed by atoms with Crippen LogP contribution in [0.3, 0.4) is 0 Å². The molecule has 1 fully saturated rings. The highest BCUT2D eigenvalue weighted by Gasteiger charge is 2.35. The van der Waals surface area contributed by atoms with Crippen LogP contribution in [-0.4, -0.2) is 88.7 Å². The van der Waals surface area contributed by atoms with Crippen LogP contribution in [0.25, 0.3) is 11.3 Å². The van der Waals surface area contributed by atoms with Gasteiger partial charge in [-0.3, -0.25) is 19.4 Å². The summed E-state index contributed by atoms with van der Waals surface area (Å²) >= 11 is 0. The summed E-state index contributed by atoms with van der Waals surface area (Å²) in [4.78, 5) is 35.8. The minimum atomic E-state index is -0.299. The number of fused-ring (bicyclic) bond motifs is 2. The Balaban J connectivity index is 0.00000465. The number of hydrogen-bond acceptors (Lipinski definition) is 8. The number of halogens is 1. The summed E-state index contributed by atoms with van der Waals surface area (Å²) in [5.74, 6) is 0.646. The smallest absolute Gasteiger partial charge is 0.264 e. The van der Waals surface area contributed by atoms with Crippen LogP contribution in [0.1, 0.15) is 44.0 Å². The lowest BCUT2D eigenvalue weighted by atomic mass is 9.90. The van der Waals surface area contributed by atoms with Gasteiger partial charge in [-0.2, -0.15) is 0 Å². The SMILES string of the molecule is Cc1c(C(=O)N(c2ccccc2)c2ccc(O)cc2)cc(-c2cc3c(cc2C(=O)N2Cc4ccccc4C[C@H]2CCN2CCOCC2)OCO3)n1CCO.Cl. The maximum Gasteiger partial charge on any atom is 0.264 e. The van der Waals surface area contributed by atoms with Crippen LogP contribution < -0.4 is 14.4 Å². The lowest BCUT2D eigenvalue weighted by Crippen LogP contribution is -2.47. The molecule has 4 aromatic carbocycles. The van der Waals surface area contributed by atoms with Crippen LogP contribution in [-0.2, 0) is 24.2 Å². The molecule has 0 bridgehead atoms. The average molecular weight is 765 g/mol. The van der Waals surface area contributed by atoms with Crippen molar-refractivity contribution in [2.24, 2.45) is 0 Å². The second-order valence-electron chi connectivity index (χ2n) is 13.9. The number of aromatic hydroxyl groups is 1.